The number of aromatic nitrogens is 2. The molecule has 4 nitrogen and oxygen atoms in total. The highest BCUT2D eigenvalue weighted by atomic mass is 31.1. The summed E-state index contributed by atoms with van der Waals surface area (Å²) in [5, 5.41) is 4.47. The van der Waals surface area contributed by atoms with Gasteiger partial charge in [-0.15, -0.1) is 0 Å². The molecule has 194 valence electrons. The molecule has 40 heavy (non-hydrogen) atoms. The molecule has 0 aliphatic rings. The maximum atomic E-state index is 6.81. The van der Waals surface area contributed by atoms with Crippen molar-refractivity contribution in [1.29, 1.82) is 0 Å². The van der Waals surface area contributed by atoms with Crippen molar-refractivity contribution < 1.29 is 9.05 Å². The third-order valence-electron chi connectivity index (χ3n) is 6.11. The molecule has 0 atom stereocenters. The number of benzene rings is 4. The van der Waals surface area contributed by atoms with Crippen LogP contribution in [-0.2, 0) is 0 Å². The first-order valence-corrected chi connectivity index (χ1v) is 15.5. The molecule has 0 radical (unpaired) electrons. The van der Waals surface area contributed by atoms with Crippen molar-refractivity contribution in [3.05, 3.63) is 158 Å². The summed E-state index contributed by atoms with van der Waals surface area (Å²) in [6, 6.07) is 49.0. The fraction of sp³-hybridized carbons (Fsp3) is 0. The Labute approximate surface area is 237 Å². The Hall–Kier alpha value is -4.36. The second kappa shape index (κ2) is 12.7. The standard InChI is InChI=1S/C34H26N2O2P2/c1-5-15-27(16-6-1)39(28-17-7-2-8-18-28)37-31-23-13-25-35-33(31)34-32(24-14-26-36-34)38-40(29-19-9-3-10-20-29)30-21-11-4-12-22-30/h1-26H. The van der Waals surface area contributed by atoms with Crippen molar-refractivity contribution in [3.63, 3.8) is 0 Å². The molecule has 4 aromatic carbocycles. The molecule has 2 aromatic heterocycles. The van der Waals surface area contributed by atoms with Crippen LogP contribution in [0.25, 0.3) is 11.4 Å². The molecular weight excluding hydrogens is 530 g/mol. The first kappa shape index (κ1) is 25.9. The Bertz CT molecular complexity index is 1450. The van der Waals surface area contributed by atoms with Crippen LogP contribution in [0.5, 0.6) is 11.5 Å². The number of rotatable bonds is 9. The van der Waals surface area contributed by atoms with Crippen LogP contribution in [0.3, 0.4) is 0 Å². The Morgan fingerprint density at radius 3 is 0.950 bits per heavy atom. The second-order valence-electron chi connectivity index (χ2n) is 8.81. The largest absolute Gasteiger partial charge is 0.462 e. The van der Waals surface area contributed by atoms with Crippen LogP contribution in [0, 0.1) is 0 Å². The van der Waals surface area contributed by atoms with E-state index in [-0.39, 0.29) is 0 Å². The fourth-order valence-corrected chi connectivity index (χ4v) is 7.72. The van der Waals surface area contributed by atoms with Gasteiger partial charge in [0.25, 0.3) is 0 Å². The molecule has 2 heterocycles. The van der Waals surface area contributed by atoms with E-state index < -0.39 is 16.3 Å². The van der Waals surface area contributed by atoms with Crippen LogP contribution in [0.2, 0.25) is 0 Å². The van der Waals surface area contributed by atoms with E-state index >= 15 is 0 Å². The number of pyridine rings is 2. The summed E-state index contributed by atoms with van der Waals surface area (Å²) in [4.78, 5) is 9.51. The molecule has 0 spiro atoms. The van der Waals surface area contributed by atoms with Gasteiger partial charge < -0.3 is 9.05 Å². The second-order valence-corrected chi connectivity index (χ2v) is 12.4. The van der Waals surface area contributed by atoms with Gasteiger partial charge >= 0.3 is 0 Å². The SMILES string of the molecule is c1ccc(P(Oc2cccnc2-c2ncccc2OP(c2ccccc2)c2ccccc2)c2ccccc2)cc1. The molecule has 6 aromatic rings. The number of hydrogen-bond acceptors (Lipinski definition) is 4. The zero-order valence-corrected chi connectivity index (χ0v) is 23.4. The highest BCUT2D eigenvalue weighted by Crippen LogP contribution is 2.44. The van der Waals surface area contributed by atoms with Crippen molar-refractivity contribution in [3.8, 4) is 22.9 Å². The maximum Gasteiger partial charge on any atom is 0.152 e. The van der Waals surface area contributed by atoms with E-state index in [0.717, 1.165) is 21.2 Å². The molecule has 0 bridgehead atoms. The monoisotopic (exact) mass is 556 g/mol. The average molecular weight is 557 g/mol. The van der Waals surface area contributed by atoms with Gasteiger partial charge in [-0.25, -0.2) is 0 Å². The molecule has 0 aliphatic carbocycles. The van der Waals surface area contributed by atoms with Gasteiger partial charge in [0.15, 0.2) is 27.8 Å². The highest BCUT2D eigenvalue weighted by Gasteiger charge is 2.24. The number of hydrogen-bond donors (Lipinski definition) is 0. The third-order valence-corrected chi connectivity index (χ3v) is 9.93. The predicted molar refractivity (Wildman–Crippen MR) is 167 cm³/mol. The molecule has 6 rings (SSSR count). The minimum atomic E-state index is -1.14. The van der Waals surface area contributed by atoms with E-state index in [9.17, 15) is 0 Å². The van der Waals surface area contributed by atoms with Crippen LogP contribution >= 0.6 is 16.3 Å². The fourth-order valence-electron chi connectivity index (χ4n) is 4.24. The molecule has 0 amide bonds. The summed E-state index contributed by atoms with van der Waals surface area (Å²) in [5.74, 6) is 1.32. The van der Waals surface area contributed by atoms with Crippen LogP contribution in [-0.4, -0.2) is 9.97 Å². The average Bonchev–Trinajstić information content (AvgIpc) is 3.04. The lowest BCUT2D eigenvalue weighted by molar-refractivity contribution is 0.616. The van der Waals surface area contributed by atoms with E-state index in [0.29, 0.717) is 22.9 Å². The molecule has 0 fully saturated rings. The van der Waals surface area contributed by atoms with Gasteiger partial charge in [0.05, 0.1) is 0 Å². The van der Waals surface area contributed by atoms with Crippen molar-refractivity contribution in [2.24, 2.45) is 0 Å². The molecule has 0 N–H and O–H groups in total. The minimum absolute atomic E-state index is 0.647. The van der Waals surface area contributed by atoms with Crippen molar-refractivity contribution in [2.75, 3.05) is 0 Å². The Kier molecular flexibility index (Phi) is 8.20. The summed E-state index contributed by atoms with van der Waals surface area (Å²) in [6.45, 7) is 0. The van der Waals surface area contributed by atoms with E-state index in [2.05, 4.69) is 48.5 Å². The van der Waals surface area contributed by atoms with Gasteiger partial charge in [0.2, 0.25) is 0 Å². The summed E-state index contributed by atoms with van der Waals surface area (Å²) in [5.41, 5.74) is 1.29. The molecule has 0 saturated heterocycles. The predicted octanol–water partition coefficient (Wildman–Crippen LogP) is 7.00. The van der Waals surface area contributed by atoms with Gasteiger partial charge in [-0.1, -0.05) is 121 Å². The smallest absolute Gasteiger partial charge is 0.152 e. The minimum Gasteiger partial charge on any atom is -0.462 e. The van der Waals surface area contributed by atoms with Crippen molar-refractivity contribution >= 4 is 37.5 Å². The topological polar surface area (TPSA) is 44.2 Å². The molecule has 0 saturated carbocycles. The highest BCUT2D eigenvalue weighted by molar-refractivity contribution is 7.69. The van der Waals surface area contributed by atoms with Crippen LogP contribution in [0.1, 0.15) is 0 Å². The van der Waals surface area contributed by atoms with Gasteiger partial charge in [-0.3, -0.25) is 9.97 Å². The molecule has 6 heteroatoms. The van der Waals surface area contributed by atoms with E-state index in [4.69, 9.17) is 19.0 Å². The normalized spacial score (nSPS) is 10.9. The summed E-state index contributed by atoms with van der Waals surface area (Å²) < 4.78 is 13.6. The molecular formula is C34H26N2O2P2. The maximum absolute atomic E-state index is 6.81. The first-order chi connectivity index (χ1) is 19.9. The lowest BCUT2D eigenvalue weighted by Gasteiger charge is -2.22. The van der Waals surface area contributed by atoms with Crippen LogP contribution in [0.4, 0.5) is 0 Å². The van der Waals surface area contributed by atoms with Gasteiger partial charge in [-0.2, -0.15) is 0 Å². The lowest BCUT2D eigenvalue weighted by Crippen LogP contribution is -2.16. The van der Waals surface area contributed by atoms with E-state index in [1.807, 2.05) is 97.1 Å². The summed E-state index contributed by atoms with van der Waals surface area (Å²) in [7, 11) is -2.27. The van der Waals surface area contributed by atoms with Gasteiger partial charge in [-0.05, 0) is 24.3 Å². The van der Waals surface area contributed by atoms with Crippen molar-refractivity contribution in [1.82, 2.24) is 9.97 Å². The van der Waals surface area contributed by atoms with Gasteiger partial charge in [0, 0.05) is 33.6 Å². The third kappa shape index (κ3) is 5.95. The van der Waals surface area contributed by atoms with E-state index in [1.54, 1.807) is 12.4 Å². The van der Waals surface area contributed by atoms with Crippen LogP contribution < -0.4 is 30.3 Å². The zero-order chi connectivity index (χ0) is 27.0. The van der Waals surface area contributed by atoms with Gasteiger partial charge in [0.1, 0.15) is 11.4 Å². The molecule has 0 unspecified atom stereocenters. The summed E-state index contributed by atoms with van der Waals surface area (Å²) in [6.07, 6.45) is 3.54. The first-order valence-electron chi connectivity index (χ1n) is 12.9. The van der Waals surface area contributed by atoms with Crippen LogP contribution in [0.15, 0.2) is 158 Å². The van der Waals surface area contributed by atoms with E-state index in [1.165, 1.54) is 0 Å². The molecule has 0 aliphatic heterocycles. The Morgan fingerprint density at radius 2 is 0.650 bits per heavy atom. The van der Waals surface area contributed by atoms with Crippen molar-refractivity contribution in [2.45, 2.75) is 0 Å². The summed E-state index contributed by atoms with van der Waals surface area (Å²) >= 11 is 0. The Balaban J connectivity index is 1.40. The zero-order valence-electron chi connectivity index (χ0n) is 21.6. The lowest BCUT2D eigenvalue weighted by atomic mass is 10.2. The Morgan fingerprint density at radius 1 is 0.350 bits per heavy atom. The quantitative estimate of drug-likeness (QED) is 0.180. The number of nitrogens with zero attached hydrogens (tertiary/aromatic N) is 2.